The Morgan fingerprint density at radius 1 is 1.05 bits per heavy atom. The number of hydrogen-bond acceptors (Lipinski definition) is 3. The van der Waals surface area contributed by atoms with Crippen molar-refractivity contribution in [3.8, 4) is 0 Å². The van der Waals surface area contributed by atoms with Crippen molar-refractivity contribution in [3.63, 3.8) is 0 Å². The zero-order valence-corrected chi connectivity index (χ0v) is 12.0. The van der Waals surface area contributed by atoms with Gasteiger partial charge in [0, 0.05) is 23.2 Å². The van der Waals surface area contributed by atoms with Gasteiger partial charge >= 0.3 is 6.18 Å². The Hall–Kier alpha value is -2.24. The number of fused-ring (bicyclic) bond motifs is 3. The van der Waals surface area contributed by atoms with Crippen LogP contribution < -0.4 is 0 Å². The largest absolute Gasteiger partial charge is 0.451 e. The molecule has 0 radical (unpaired) electrons. The Bertz CT molecular complexity index is 828. The molecule has 2 heterocycles. The van der Waals surface area contributed by atoms with Crippen LogP contribution in [-0.4, -0.2) is 15.0 Å². The van der Waals surface area contributed by atoms with E-state index in [0.717, 1.165) is 30.2 Å². The third-order valence-corrected chi connectivity index (χ3v) is 3.61. The maximum absolute atomic E-state index is 12.7. The number of aromatic nitrogens is 3. The summed E-state index contributed by atoms with van der Waals surface area (Å²) in [6, 6.07) is 5.35. The highest BCUT2D eigenvalue weighted by Crippen LogP contribution is 2.30. The van der Waals surface area contributed by atoms with Crippen LogP contribution in [0.5, 0.6) is 0 Å². The number of halogens is 3. The van der Waals surface area contributed by atoms with Gasteiger partial charge in [-0.15, -0.1) is 0 Å². The number of unbranched alkanes of at least 4 members (excludes halogenated alkanes) is 1. The van der Waals surface area contributed by atoms with E-state index in [-0.39, 0.29) is 5.52 Å². The average Bonchev–Trinajstić information content (AvgIpc) is 2.51. The molecule has 0 aliphatic rings. The van der Waals surface area contributed by atoms with E-state index < -0.39 is 12.0 Å². The molecule has 0 atom stereocenters. The van der Waals surface area contributed by atoms with Crippen molar-refractivity contribution in [2.75, 3.05) is 0 Å². The predicted octanol–water partition coefficient (Wildman–Crippen LogP) is 4.54. The number of alkyl halides is 3. The molecule has 0 fully saturated rings. The van der Waals surface area contributed by atoms with Gasteiger partial charge in [0.25, 0.3) is 0 Å². The lowest BCUT2D eigenvalue weighted by molar-refractivity contribution is -0.144. The molecule has 0 saturated carbocycles. The first-order valence-corrected chi connectivity index (χ1v) is 7.11. The molecule has 2 aromatic heterocycles. The molecule has 0 spiro atoms. The first-order valence-electron chi connectivity index (χ1n) is 7.11. The third kappa shape index (κ3) is 2.61. The Balaban J connectivity index is 2.19. The minimum Gasteiger partial charge on any atom is -0.255 e. The molecule has 0 aliphatic heterocycles. The van der Waals surface area contributed by atoms with E-state index in [4.69, 9.17) is 0 Å². The summed E-state index contributed by atoms with van der Waals surface area (Å²) >= 11 is 0. The minimum atomic E-state index is -4.54. The fourth-order valence-electron chi connectivity index (χ4n) is 2.50. The van der Waals surface area contributed by atoms with Crippen molar-refractivity contribution >= 4 is 21.8 Å². The van der Waals surface area contributed by atoms with Crippen LogP contribution in [0.3, 0.4) is 0 Å². The molecule has 0 unspecified atom stereocenters. The maximum Gasteiger partial charge on any atom is 0.451 e. The molecule has 22 heavy (non-hydrogen) atoms. The van der Waals surface area contributed by atoms with Crippen molar-refractivity contribution in [3.05, 3.63) is 42.0 Å². The van der Waals surface area contributed by atoms with Gasteiger partial charge in [0.2, 0.25) is 5.82 Å². The van der Waals surface area contributed by atoms with E-state index in [1.165, 1.54) is 6.20 Å². The Morgan fingerprint density at radius 3 is 2.59 bits per heavy atom. The molecule has 3 rings (SSSR count). The van der Waals surface area contributed by atoms with Crippen LogP contribution in [0.2, 0.25) is 0 Å². The van der Waals surface area contributed by atoms with Gasteiger partial charge in [-0.05, 0) is 30.5 Å². The zero-order chi connectivity index (χ0) is 15.7. The number of nitrogens with zero attached hydrogens (tertiary/aromatic N) is 3. The van der Waals surface area contributed by atoms with Crippen LogP contribution in [0, 0.1) is 0 Å². The topological polar surface area (TPSA) is 38.7 Å². The second-order valence-corrected chi connectivity index (χ2v) is 5.16. The molecule has 3 aromatic rings. The lowest BCUT2D eigenvalue weighted by atomic mass is 10.0. The number of hydrogen-bond donors (Lipinski definition) is 0. The molecule has 3 nitrogen and oxygen atoms in total. The van der Waals surface area contributed by atoms with Crippen LogP contribution >= 0.6 is 0 Å². The standard InChI is InChI=1S/C16H14F3N3/c1-2-3-4-10-7-8-20-14-11(10)5-6-13-12(14)9-21-15(22-13)16(17,18)19/h5-9H,2-4H2,1H3. The molecular weight excluding hydrogens is 291 g/mol. The summed E-state index contributed by atoms with van der Waals surface area (Å²) in [7, 11) is 0. The summed E-state index contributed by atoms with van der Waals surface area (Å²) in [6.45, 7) is 2.12. The quantitative estimate of drug-likeness (QED) is 0.667. The van der Waals surface area contributed by atoms with E-state index >= 15 is 0 Å². The minimum absolute atomic E-state index is 0.259. The molecule has 0 bridgehead atoms. The fraction of sp³-hybridized carbons (Fsp3) is 0.312. The smallest absolute Gasteiger partial charge is 0.255 e. The number of pyridine rings is 1. The highest BCUT2D eigenvalue weighted by atomic mass is 19.4. The predicted molar refractivity (Wildman–Crippen MR) is 78.5 cm³/mol. The molecule has 0 N–H and O–H groups in total. The van der Waals surface area contributed by atoms with Crippen molar-refractivity contribution in [1.29, 1.82) is 0 Å². The van der Waals surface area contributed by atoms with Gasteiger partial charge < -0.3 is 0 Å². The highest BCUT2D eigenvalue weighted by molar-refractivity contribution is 6.04. The lowest BCUT2D eigenvalue weighted by Gasteiger charge is -2.09. The molecule has 0 aliphatic carbocycles. The molecule has 0 amide bonds. The Labute approximate surface area is 125 Å². The molecule has 1 aromatic carbocycles. The monoisotopic (exact) mass is 305 g/mol. The normalized spacial score (nSPS) is 12.2. The number of aryl methyl sites for hydroxylation is 1. The summed E-state index contributed by atoms with van der Waals surface area (Å²) in [5, 5.41) is 1.50. The van der Waals surface area contributed by atoms with E-state index in [0.29, 0.717) is 10.9 Å². The maximum atomic E-state index is 12.7. The third-order valence-electron chi connectivity index (χ3n) is 3.61. The summed E-state index contributed by atoms with van der Waals surface area (Å²) in [4.78, 5) is 11.4. The molecule has 6 heteroatoms. The van der Waals surface area contributed by atoms with E-state index in [2.05, 4.69) is 21.9 Å². The second-order valence-electron chi connectivity index (χ2n) is 5.16. The molecule has 0 saturated heterocycles. The van der Waals surface area contributed by atoms with E-state index in [1.54, 1.807) is 18.3 Å². The van der Waals surface area contributed by atoms with Crippen molar-refractivity contribution in [2.24, 2.45) is 0 Å². The molecule has 114 valence electrons. The van der Waals surface area contributed by atoms with Crippen LogP contribution in [0.15, 0.2) is 30.6 Å². The SMILES string of the molecule is CCCCc1ccnc2c1ccc1nc(C(F)(F)F)ncc12. The van der Waals surface area contributed by atoms with Crippen molar-refractivity contribution < 1.29 is 13.2 Å². The summed E-state index contributed by atoms with van der Waals surface area (Å²) in [6.07, 6.45) is 1.41. The van der Waals surface area contributed by atoms with Gasteiger partial charge in [-0.2, -0.15) is 13.2 Å². The van der Waals surface area contributed by atoms with Gasteiger partial charge in [-0.3, -0.25) is 4.98 Å². The zero-order valence-electron chi connectivity index (χ0n) is 12.0. The van der Waals surface area contributed by atoms with Crippen LogP contribution in [-0.2, 0) is 12.6 Å². The van der Waals surface area contributed by atoms with E-state index in [9.17, 15) is 13.2 Å². The second kappa shape index (κ2) is 5.51. The molecular formula is C16H14F3N3. The van der Waals surface area contributed by atoms with Crippen molar-refractivity contribution in [2.45, 2.75) is 32.4 Å². The summed E-state index contributed by atoms with van der Waals surface area (Å²) in [5.41, 5.74) is 2.06. The van der Waals surface area contributed by atoms with Gasteiger partial charge in [-0.25, -0.2) is 9.97 Å². The van der Waals surface area contributed by atoms with Crippen molar-refractivity contribution in [1.82, 2.24) is 15.0 Å². The highest BCUT2D eigenvalue weighted by Gasteiger charge is 2.34. The summed E-state index contributed by atoms with van der Waals surface area (Å²) in [5.74, 6) is -1.12. The van der Waals surface area contributed by atoms with Gasteiger partial charge in [0.15, 0.2) is 0 Å². The first-order chi connectivity index (χ1) is 10.5. The van der Waals surface area contributed by atoms with Gasteiger partial charge in [0.1, 0.15) is 0 Å². The number of rotatable bonds is 3. The number of benzene rings is 1. The Morgan fingerprint density at radius 2 is 1.86 bits per heavy atom. The lowest BCUT2D eigenvalue weighted by Crippen LogP contribution is -2.10. The van der Waals surface area contributed by atoms with Crippen LogP contribution in [0.1, 0.15) is 31.2 Å². The fourth-order valence-corrected chi connectivity index (χ4v) is 2.50. The van der Waals surface area contributed by atoms with Gasteiger partial charge in [0.05, 0.1) is 11.0 Å². The Kier molecular flexibility index (Phi) is 3.68. The first kappa shape index (κ1) is 14.7. The average molecular weight is 305 g/mol. The van der Waals surface area contributed by atoms with Crippen LogP contribution in [0.4, 0.5) is 13.2 Å². The summed E-state index contributed by atoms with van der Waals surface area (Å²) < 4.78 is 38.1. The van der Waals surface area contributed by atoms with E-state index in [1.807, 2.05) is 6.07 Å². The van der Waals surface area contributed by atoms with Gasteiger partial charge in [-0.1, -0.05) is 19.4 Å². The van der Waals surface area contributed by atoms with Crippen LogP contribution in [0.25, 0.3) is 21.8 Å².